The van der Waals surface area contributed by atoms with Crippen molar-refractivity contribution in [2.24, 2.45) is 0 Å². The molecule has 0 aliphatic carbocycles. The van der Waals surface area contributed by atoms with E-state index in [1.807, 2.05) is 6.07 Å². The van der Waals surface area contributed by atoms with Crippen molar-refractivity contribution in [2.45, 2.75) is 19.4 Å². The molecule has 0 bridgehead atoms. The lowest BCUT2D eigenvalue weighted by Crippen LogP contribution is -2.27. The highest BCUT2D eigenvalue weighted by Gasteiger charge is 2.16. The minimum Gasteiger partial charge on any atom is -0.310 e. The monoisotopic (exact) mass is 215 g/mol. The van der Waals surface area contributed by atoms with E-state index in [2.05, 4.69) is 45.0 Å². The van der Waals surface area contributed by atoms with Crippen LogP contribution in [-0.2, 0) is 6.42 Å². The first kappa shape index (κ1) is 9.47. The Bertz CT molecular complexity index is 491. The Kier molecular flexibility index (Phi) is 2.18. The average Bonchev–Trinajstić information content (AvgIpc) is 2.82. The number of aromatic nitrogens is 4. The second-order valence-corrected chi connectivity index (χ2v) is 4.07. The van der Waals surface area contributed by atoms with E-state index in [1.54, 1.807) is 0 Å². The third-order valence-electron chi connectivity index (χ3n) is 3.06. The molecule has 0 saturated heterocycles. The number of nitrogens with one attached hydrogen (secondary N) is 2. The molecule has 1 unspecified atom stereocenters. The van der Waals surface area contributed by atoms with Crippen LogP contribution in [0.1, 0.15) is 24.1 Å². The van der Waals surface area contributed by atoms with Gasteiger partial charge in [0.25, 0.3) is 0 Å². The highest BCUT2D eigenvalue weighted by atomic mass is 15.5. The summed E-state index contributed by atoms with van der Waals surface area (Å²) in [7, 11) is 0. The molecule has 0 saturated carbocycles. The number of nitrogens with zero attached hydrogens (tertiary/aromatic N) is 3. The van der Waals surface area contributed by atoms with E-state index in [0.717, 1.165) is 18.5 Å². The van der Waals surface area contributed by atoms with E-state index in [0.29, 0.717) is 11.9 Å². The van der Waals surface area contributed by atoms with Crippen LogP contribution in [0.25, 0.3) is 11.4 Å². The van der Waals surface area contributed by atoms with Crippen LogP contribution in [0.2, 0.25) is 0 Å². The molecule has 1 aliphatic rings. The Morgan fingerprint density at radius 1 is 1.38 bits per heavy atom. The predicted octanol–water partition coefficient (Wildman–Crippen LogP) is 1.07. The number of fused-ring (bicyclic) bond motifs is 1. The number of benzene rings is 1. The molecule has 1 aromatic heterocycles. The third kappa shape index (κ3) is 1.49. The Morgan fingerprint density at radius 3 is 3.12 bits per heavy atom. The Labute approximate surface area is 93.3 Å². The van der Waals surface area contributed by atoms with Crippen LogP contribution >= 0.6 is 0 Å². The molecule has 2 aromatic rings. The van der Waals surface area contributed by atoms with Crippen molar-refractivity contribution in [2.75, 3.05) is 6.54 Å². The zero-order valence-corrected chi connectivity index (χ0v) is 9.07. The molecular weight excluding hydrogens is 202 g/mol. The molecule has 0 amide bonds. The van der Waals surface area contributed by atoms with Gasteiger partial charge in [0.15, 0.2) is 0 Å². The number of hydrogen-bond donors (Lipinski definition) is 2. The molecule has 1 aliphatic heterocycles. The minimum absolute atomic E-state index is 0.433. The molecule has 5 heteroatoms. The van der Waals surface area contributed by atoms with Crippen LogP contribution in [0.15, 0.2) is 18.2 Å². The average molecular weight is 215 g/mol. The number of H-pyrrole nitrogens is 1. The number of rotatable bonds is 1. The molecule has 0 fully saturated rings. The summed E-state index contributed by atoms with van der Waals surface area (Å²) in [6.07, 6.45) is 1.06. The van der Waals surface area contributed by atoms with Gasteiger partial charge < -0.3 is 5.32 Å². The fourth-order valence-corrected chi connectivity index (χ4v) is 2.20. The van der Waals surface area contributed by atoms with Gasteiger partial charge in [-0.25, -0.2) is 0 Å². The van der Waals surface area contributed by atoms with Gasteiger partial charge in [0.05, 0.1) is 0 Å². The van der Waals surface area contributed by atoms with Crippen molar-refractivity contribution in [3.05, 3.63) is 29.3 Å². The highest BCUT2D eigenvalue weighted by Crippen LogP contribution is 2.26. The Balaban J connectivity index is 2.05. The molecule has 1 aromatic carbocycles. The predicted molar refractivity (Wildman–Crippen MR) is 59.7 cm³/mol. The molecule has 0 spiro atoms. The van der Waals surface area contributed by atoms with Crippen molar-refractivity contribution in [1.29, 1.82) is 0 Å². The van der Waals surface area contributed by atoms with Crippen molar-refractivity contribution in [3.63, 3.8) is 0 Å². The number of aromatic amines is 1. The smallest absolute Gasteiger partial charge is 0.204 e. The fraction of sp³-hybridized carbons (Fsp3) is 0.364. The van der Waals surface area contributed by atoms with Crippen LogP contribution in [0.3, 0.4) is 0 Å². The summed E-state index contributed by atoms with van der Waals surface area (Å²) in [5.74, 6) is 0.661. The van der Waals surface area contributed by atoms with Crippen LogP contribution < -0.4 is 5.32 Å². The Hall–Kier alpha value is -1.75. The van der Waals surface area contributed by atoms with Gasteiger partial charge in [-0.1, -0.05) is 12.1 Å². The van der Waals surface area contributed by atoms with Gasteiger partial charge in [-0.15, -0.1) is 10.2 Å². The lowest BCUT2D eigenvalue weighted by atomic mass is 9.93. The second kappa shape index (κ2) is 3.68. The lowest BCUT2D eigenvalue weighted by molar-refractivity contribution is 0.541. The summed E-state index contributed by atoms with van der Waals surface area (Å²) < 4.78 is 0. The maximum Gasteiger partial charge on any atom is 0.204 e. The first-order valence-corrected chi connectivity index (χ1v) is 5.44. The summed E-state index contributed by atoms with van der Waals surface area (Å²) in [5, 5.41) is 17.5. The van der Waals surface area contributed by atoms with E-state index < -0.39 is 0 Å². The van der Waals surface area contributed by atoms with Gasteiger partial charge in [0.1, 0.15) is 0 Å². The normalized spacial score (nSPS) is 19.4. The summed E-state index contributed by atoms with van der Waals surface area (Å²) in [6, 6.07) is 6.80. The highest BCUT2D eigenvalue weighted by molar-refractivity contribution is 5.57. The van der Waals surface area contributed by atoms with Gasteiger partial charge in [0, 0.05) is 11.6 Å². The molecule has 82 valence electrons. The summed E-state index contributed by atoms with van der Waals surface area (Å²) in [6.45, 7) is 3.22. The number of hydrogen-bond acceptors (Lipinski definition) is 4. The standard InChI is InChI=1S/C11H13N5/c1-7-10-3-2-9(11-13-15-16-14-11)6-8(10)4-5-12-7/h2-3,6-7,12H,4-5H2,1H3,(H,13,14,15,16). The van der Waals surface area contributed by atoms with E-state index >= 15 is 0 Å². The van der Waals surface area contributed by atoms with Crippen LogP contribution in [0.4, 0.5) is 0 Å². The van der Waals surface area contributed by atoms with E-state index in [9.17, 15) is 0 Å². The topological polar surface area (TPSA) is 66.5 Å². The molecule has 5 nitrogen and oxygen atoms in total. The first-order chi connectivity index (χ1) is 7.84. The third-order valence-corrected chi connectivity index (χ3v) is 3.06. The zero-order chi connectivity index (χ0) is 11.0. The van der Waals surface area contributed by atoms with Crippen molar-refractivity contribution >= 4 is 0 Å². The van der Waals surface area contributed by atoms with Gasteiger partial charge >= 0.3 is 0 Å². The van der Waals surface area contributed by atoms with Crippen molar-refractivity contribution in [1.82, 2.24) is 25.9 Å². The molecule has 3 rings (SSSR count). The largest absolute Gasteiger partial charge is 0.310 e. The van der Waals surface area contributed by atoms with Crippen molar-refractivity contribution < 1.29 is 0 Å². The van der Waals surface area contributed by atoms with Crippen LogP contribution in [0, 0.1) is 0 Å². The quantitative estimate of drug-likeness (QED) is 0.746. The zero-order valence-electron chi connectivity index (χ0n) is 9.07. The van der Waals surface area contributed by atoms with E-state index in [-0.39, 0.29) is 0 Å². The molecule has 2 heterocycles. The SMILES string of the molecule is CC1NCCc2cc(-c3nn[nH]n3)ccc21. The number of tetrazole rings is 1. The van der Waals surface area contributed by atoms with Crippen LogP contribution in [-0.4, -0.2) is 27.2 Å². The van der Waals surface area contributed by atoms with Gasteiger partial charge in [-0.05, 0) is 42.3 Å². The summed E-state index contributed by atoms with van der Waals surface area (Å²) in [5.41, 5.74) is 3.79. The summed E-state index contributed by atoms with van der Waals surface area (Å²) in [4.78, 5) is 0. The molecule has 1 atom stereocenters. The maximum absolute atomic E-state index is 3.99. The van der Waals surface area contributed by atoms with Crippen LogP contribution in [0.5, 0.6) is 0 Å². The lowest BCUT2D eigenvalue weighted by Gasteiger charge is -2.24. The Morgan fingerprint density at radius 2 is 2.31 bits per heavy atom. The van der Waals surface area contributed by atoms with Gasteiger partial charge in [-0.2, -0.15) is 5.21 Å². The van der Waals surface area contributed by atoms with E-state index in [1.165, 1.54) is 11.1 Å². The van der Waals surface area contributed by atoms with Crippen molar-refractivity contribution in [3.8, 4) is 11.4 Å². The molecule has 16 heavy (non-hydrogen) atoms. The molecule has 2 N–H and O–H groups in total. The maximum atomic E-state index is 3.99. The fourth-order valence-electron chi connectivity index (χ4n) is 2.20. The first-order valence-electron chi connectivity index (χ1n) is 5.44. The van der Waals surface area contributed by atoms with E-state index in [4.69, 9.17) is 0 Å². The van der Waals surface area contributed by atoms with Gasteiger partial charge in [0.2, 0.25) is 5.82 Å². The minimum atomic E-state index is 0.433. The second-order valence-electron chi connectivity index (χ2n) is 4.07. The van der Waals surface area contributed by atoms with Gasteiger partial charge in [-0.3, -0.25) is 0 Å². The summed E-state index contributed by atoms with van der Waals surface area (Å²) >= 11 is 0. The molecule has 0 radical (unpaired) electrons. The molecular formula is C11H13N5.